The maximum atomic E-state index is 14.6. The average Bonchev–Trinajstić information content (AvgIpc) is 3.17. The third-order valence-corrected chi connectivity index (χ3v) is 5.58. The molecule has 1 aliphatic rings. The summed E-state index contributed by atoms with van der Waals surface area (Å²) in [6, 6.07) is 2.70. The number of benzene rings is 1. The van der Waals surface area contributed by atoms with E-state index in [1.165, 1.54) is 19.2 Å². The van der Waals surface area contributed by atoms with Crippen LogP contribution < -0.4 is 19.6 Å². The molecule has 3 N–H and O–H groups in total. The largest absolute Gasteiger partial charge is 0.493 e. The number of piperidine rings is 1. The lowest BCUT2D eigenvalue weighted by molar-refractivity contribution is 0.390. The monoisotopic (exact) mass is 437 g/mol. The van der Waals surface area contributed by atoms with E-state index in [0.29, 0.717) is 39.4 Å². The summed E-state index contributed by atoms with van der Waals surface area (Å²) in [5, 5.41) is 7.25. The SMILES string of the molecule is COc1cc(-c2nc3c(NCC4CCNCC4)c(Cl)cnc3[nH]2)c(F)cc1OS. The Hall–Kier alpha value is -2.23. The summed E-state index contributed by atoms with van der Waals surface area (Å²) in [6.07, 6.45) is 3.77. The molecule has 29 heavy (non-hydrogen) atoms. The molecule has 0 aliphatic carbocycles. The Balaban J connectivity index is 1.69. The molecular weight excluding hydrogens is 417 g/mol. The van der Waals surface area contributed by atoms with Crippen molar-refractivity contribution >= 4 is 41.4 Å². The predicted octanol–water partition coefficient (Wildman–Crippen LogP) is 4.06. The highest BCUT2D eigenvalue weighted by molar-refractivity contribution is 7.75. The Kier molecular flexibility index (Phi) is 5.98. The summed E-state index contributed by atoms with van der Waals surface area (Å²) in [5.74, 6) is 0.876. The summed E-state index contributed by atoms with van der Waals surface area (Å²) in [6.45, 7) is 2.83. The van der Waals surface area contributed by atoms with Gasteiger partial charge in [0, 0.05) is 25.5 Å². The number of thiol groups is 1. The number of aromatic nitrogens is 3. The number of pyridine rings is 1. The third kappa shape index (κ3) is 4.08. The second kappa shape index (κ2) is 8.64. The molecule has 1 aromatic carbocycles. The first kappa shape index (κ1) is 20.1. The fraction of sp³-hybridized carbons (Fsp3) is 0.368. The van der Waals surface area contributed by atoms with Gasteiger partial charge in [-0.1, -0.05) is 11.6 Å². The number of rotatable bonds is 6. The van der Waals surface area contributed by atoms with E-state index >= 15 is 0 Å². The normalized spacial score (nSPS) is 14.9. The average molecular weight is 438 g/mol. The standard InChI is InChI=1S/C19H21ClFN5O2S/c1-27-14-6-11(13(21)7-15(14)28-29)18-25-17-16(12(20)9-24-19(17)26-18)23-8-10-2-4-22-5-3-10/h6-7,9-10,22,29H,2-5,8H2,1H3,(H2,23,24,25,26). The number of nitrogens with one attached hydrogen (secondary N) is 3. The van der Waals surface area contributed by atoms with E-state index in [4.69, 9.17) is 20.5 Å². The van der Waals surface area contributed by atoms with E-state index in [-0.39, 0.29) is 11.3 Å². The van der Waals surface area contributed by atoms with Gasteiger partial charge in [-0.2, -0.15) is 0 Å². The number of halogens is 2. The van der Waals surface area contributed by atoms with Crippen LogP contribution in [0.5, 0.6) is 11.5 Å². The van der Waals surface area contributed by atoms with Gasteiger partial charge in [0.2, 0.25) is 0 Å². The number of ether oxygens (including phenoxy) is 1. The van der Waals surface area contributed by atoms with Crippen molar-refractivity contribution in [2.75, 3.05) is 32.1 Å². The fourth-order valence-electron chi connectivity index (χ4n) is 3.51. The number of H-pyrrole nitrogens is 1. The molecule has 4 rings (SSSR count). The Morgan fingerprint density at radius 3 is 2.83 bits per heavy atom. The van der Waals surface area contributed by atoms with E-state index in [9.17, 15) is 4.39 Å². The van der Waals surface area contributed by atoms with Gasteiger partial charge >= 0.3 is 0 Å². The van der Waals surface area contributed by atoms with Crippen molar-refractivity contribution in [3.8, 4) is 22.9 Å². The van der Waals surface area contributed by atoms with E-state index in [1.54, 1.807) is 6.20 Å². The van der Waals surface area contributed by atoms with Crippen LogP contribution >= 0.6 is 24.5 Å². The fourth-order valence-corrected chi connectivity index (χ4v) is 3.85. The van der Waals surface area contributed by atoms with Gasteiger partial charge in [-0.15, -0.1) is 0 Å². The van der Waals surface area contributed by atoms with Crippen LogP contribution in [0.15, 0.2) is 18.3 Å². The zero-order chi connectivity index (χ0) is 20.4. The zero-order valence-electron chi connectivity index (χ0n) is 15.8. The topological polar surface area (TPSA) is 84.1 Å². The van der Waals surface area contributed by atoms with Gasteiger partial charge in [-0.05, 0) is 37.9 Å². The van der Waals surface area contributed by atoms with E-state index < -0.39 is 5.82 Å². The maximum absolute atomic E-state index is 14.6. The lowest BCUT2D eigenvalue weighted by Crippen LogP contribution is -2.31. The van der Waals surface area contributed by atoms with Gasteiger partial charge in [0.1, 0.15) is 17.2 Å². The molecule has 3 heterocycles. The van der Waals surface area contributed by atoms with Gasteiger partial charge < -0.3 is 24.5 Å². The Morgan fingerprint density at radius 1 is 1.31 bits per heavy atom. The molecular formula is C19H21ClFN5O2S. The highest BCUT2D eigenvalue weighted by Crippen LogP contribution is 2.36. The lowest BCUT2D eigenvalue weighted by atomic mass is 9.98. The Morgan fingerprint density at radius 2 is 2.10 bits per heavy atom. The highest BCUT2D eigenvalue weighted by atomic mass is 35.5. The molecule has 0 amide bonds. The summed E-state index contributed by atoms with van der Waals surface area (Å²) >= 11 is 10.1. The molecule has 0 unspecified atom stereocenters. The molecule has 1 saturated heterocycles. The van der Waals surface area contributed by atoms with Crippen molar-refractivity contribution < 1.29 is 13.3 Å². The van der Waals surface area contributed by atoms with Crippen LogP contribution in [0.2, 0.25) is 5.02 Å². The molecule has 0 spiro atoms. The number of hydrogen-bond donors (Lipinski definition) is 4. The van der Waals surface area contributed by atoms with Crippen molar-refractivity contribution in [1.82, 2.24) is 20.3 Å². The second-order valence-corrected chi connectivity index (χ2v) is 7.50. The van der Waals surface area contributed by atoms with E-state index in [1.807, 2.05) is 0 Å². The molecule has 2 aromatic heterocycles. The van der Waals surface area contributed by atoms with Gasteiger partial charge in [0.15, 0.2) is 17.1 Å². The molecule has 0 bridgehead atoms. The van der Waals surface area contributed by atoms with Gasteiger partial charge in [-0.3, -0.25) is 0 Å². The molecule has 1 fully saturated rings. The second-order valence-electron chi connectivity index (χ2n) is 6.91. The number of fused-ring (bicyclic) bond motifs is 1. The molecule has 0 atom stereocenters. The van der Waals surface area contributed by atoms with E-state index in [2.05, 4.69) is 38.5 Å². The van der Waals surface area contributed by atoms with Gasteiger partial charge in [-0.25, -0.2) is 14.4 Å². The summed E-state index contributed by atoms with van der Waals surface area (Å²) < 4.78 is 24.7. The number of nitrogens with zero attached hydrogens (tertiary/aromatic N) is 2. The first-order valence-corrected chi connectivity index (χ1v) is 10.0. The van der Waals surface area contributed by atoms with Crippen LogP contribution in [0.4, 0.5) is 10.1 Å². The maximum Gasteiger partial charge on any atom is 0.181 e. The summed E-state index contributed by atoms with van der Waals surface area (Å²) in [4.78, 5) is 11.9. The number of anilines is 1. The smallest absolute Gasteiger partial charge is 0.181 e. The summed E-state index contributed by atoms with van der Waals surface area (Å²) in [7, 11) is 1.47. The molecule has 154 valence electrons. The van der Waals surface area contributed by atoms with Gasteiger partial charge in [0.05, 0.1) is 29.6 Å². The minimum absolute atomic E-state index is 0.179. The van der Waals surface area contributed by atoms with Crippen LogP contribution in [-0.4, -0.2) is 41.7 Å². The molecule has 1 aliphatic heterocycles. The Bertz CT molecular complexity index is 1030. The lowest BCUT2D eigenvalue weighted by Gasteiger charge is -2.23. The van der Waals surface area contributed by atoms with Crippen LogP contribution in [0.3, 0.4) is 0 Å². The van der Waals surface area contributed by atoms with Gasteiger partial charge in [0.25, 0.3) is 0 Å². The first-order valence-electron chi connectivity index (χ1n) is 9.28. The number of hydrogen-bond acceptors (Lipinski definition) is 7. The van der Waals surface area contributed by atoms with Crippen LogP contribution in [0, 0.1) is 11.7 Å². The van der Waals surface area contributed by atoms with E-state index in [0.717, 1.165) is 32.5 Å². The number of aromatic amines is 1. The van der Waals surface area contributed by atoms with Crippen molar-refractivity contribution in [3.63, 3.8) is 0 Å². The molecule has 7 nitrogen and oxygen atoms in total. The Labute approximate surface area is 178 Å². The molecule has 3 aromatic rings. The van der Waals surface area contributed by atoms with Crippen molar-refractivity contribution in [3.05, 3.63) is 29.2 Å². The number of methoxy groups -OCH3 is 1. The van der Waals surface area contributed by atoms with Crippen molar-refractivity contribution in [2.24, 2.45) is 5.92 Å². The first-order chi connectivity index (χ1) is 14.1. The van der Waals surface area contributed by atoms with Crippen LogP contribution in [0.25, 0.3) is 22.6 Å². The van der Waals surface area contributed by atoms with Crippen LogP contribution in [-0.2, 0) is 0 Å². The molecule has 10 heteroatoms. The minimum Gasteiger partial charge on any atom is -0.493 e. The molecule has 0 radical (unpaired) electrons. The van der Waals surface area contributed by atoms with Crippen molar-refractivity contribution in [1.29, 1.82) is 0 Å². The highest BCUT2D eigenvalue weighted by Gasteiger charge is 2.20. The minimum atomic E-state index is -0.524. The predicted molar refractivity (Wildman–Crippen MR) is 115 cm³/mol. The quantitative estimate of drug-likeness (QED) is 0.344. The summed E-state index contributed by atoms with van der Waals surface area (Å²) in [5.41, 5.74) is 2.01. The zero-order valence-corrected chi connectivity index (χ0v) is 17.4. The van der Waals surface area contributed by atoms with Crippen molar-refractivity contribution in [2.45, 2.75) is 12.8 Å². The molecule has 0 saturated carbocycles. The van der Waals surface area contributed by atoms with Crippen LogP contribution in [0.1, 0.15) is 12.8 Å². The number of imidazole rings is 1. The third-order valence-electron chi connectivity index (χ3n) is 5.10.